The lowest BCUT2D eigenvalue weighted by atomic mass is 10.1. The van der Waals surface area contributed by atoms with Gasteiger partial charge in [0.25, 0.3) is 0 Å². The Morgan fingerprint density at radius 3 is 2.50 bits per heavy atom. The minimum atomic E-state index is 0.311. The van der Waals surface area contributed by atoms with Gasteiger partial charge in [-0.15, -0.1) is 0 Å². The van der Waals surface area contributed by atoms with E-state index in [-0.39, 0.29) is 0 Å². The number of anilines is 3. The number of benzene rings is 1. The van der Waals surface area contributed by atoms with Crippen molar-refractivity contribution in [3.8, 4) is 11.8 Å². The first kappa shape index (κ1) is 20.3. The summed E-state index contributed by atoms with van der Waals surface area (Å²) in [5.41, 5.74) is 4.24. The van der Waals surface area contributed by atoms with Crippen molar-refractivity contribution < 1.29 is 4.74 Å². The third kappa shape index (κ3) is 4.11. The summed E-state index contributed by atoms with van der Waals surface area (Å²) in [4.78, 5) is 17.3. The predicted molar refractivity (Wildman–Crippen MR) is 126 cm³/mol. The average molecular weight is 433 g/mol. The van der Waals surface area contributed by atoms with Crippen LogP contribution in [0.3, 0.4) is 0 Å². The molecule has 0 amide bonds. The molecule has 0 bridgehead atoms. The van der Waals surface area contributed by atoms with Gasteiger partial charge in [0.15, 0.2) is 5.82 Å². The minimum absolute atomic E-state index is 0.311. The zero-order valence-electron chi connectivity index (χ0n) is 18.9. The van der Waals surface area contributed by atoms with Crippen molar-refractivity contribution in [1.29, 1.82) is 0 Å². The zero-order chi connectivity index (χ0) is 22.2. The van der Waals surface area contributed by atoms with E-state index in [4.69, 9.17) is 9.72 Å². The Labute approximate surface area is 186 Å². The molecule has 0 atom stereocenters. The van der Waals surface area contributed by atoms with Gasteiger partial charge < -0.3 is 24.8 Å². The van der Waals surface area contributed by atoms with Gasteiger partial charge in [-0.25, -0.2) is 0 Å². The molecule has 9 heteroatoms. The quantitative estimate of drug-likeness (QED) is 0.440. The standard InChI is InChI=1S/C23H28N8O/c1-14-11-17-16(3)19(6-5-18(17)24-14)32-23-26-20(25-21-12-15(2)28-29-21)13-22(27-23)31-9-7-30(4)8-10-31/h5-6,11-13,24H,7-10H2,1-4H3,(H2,25,26,27,28,29). The first-order valence-electron chi connectivity index (χ1n) is 10.8. The first-order chi connectivity index (χ1) is 15.4. The summed E-state index contributed by atoms with van der Waals surface area (Å²) < 4.78 is 6.22. The van der Waals surface area contributed by atoms with Crippen LogP contribution in [0.4, 0.5) is 17.5 Å². The van der Waals surface area contributed by atoms with Crippen LogP contribution in [0.1, 0.15) is 17.0 Å². The molecule has 0 spiro atoms. The topological polar surface area (TPSA) is 98.0 Å². The largest absolute Gasteiger partial charge is 0.424 e. The average Bonchev–Trinajstić information content (AvgIpc) is 3.35. The van der Waals surface area contributed by atoms with Crippen molar-refractivity contribution in [3.63, 3.8) is 0 Å². The molecule has 3 N–H and O–H groups in total. The second kappa shape index (κ2) is 8.16. The number of likely N-dealkylation sites (N-methyl/N-ethyl adjacent to an activating group) is 1. The van der Waals surface area contributed by atoms with E-state index in [2.05, 4.69) is 62.2 Å². The fraction of sp³-hybridized carbons (Fsp3) is 0.348. The Hall–Kier alpha value is -3.59. The van der Waals surface area contributed by atoms with Gasteiger partial charge in [-0.2, -0.15) is 15.1 Å². The lowest BCUT2D eigenvalue weighted by Gasteiger charge is -2.33. The molecule has 0 unspecified atom stereocenters. The number of nitrogens with zero attached hydrogens (tertiary/aromatic N) is 5. The van der Waals surface area contributed by atoms with Gasteiger partial charge in [-0.3, -0.25) is 5.10 Å². The van der Waals surface area contributed by atoms with Crippen LogP contribution in [0, 0.1) is 20.8 Å². The number of hydrogen-bond donors (Lipinski definition) is 3. The van der Waals surface area contributed by atoms with Crippen molar-refractivity contribution in [1.82, 2.24) is 30.0 Å². The number of hydrogen-bond acceptors (Lipinski definition) is 7. The molecule has 166 valence electrons. The number of rotatable bonds is 5. The first-order valence-corrected chi connectivity index (χ1v) is 10.8. The Morgan fingerprint density at radius 1 is 0.938 bits per heavy atom. The van der Waals surface area contributed by atoms with Gasteiger partial charge in [0.05, 0.1) is 0 Å². The molecular formula is C23H28N8O. The molecule has 4 heterocycles. The molecule has 0 aliphatic carbocycles. The van der Waals surface area contributed by atoms with Gasteiger partial charge in [-0.1, -0.05) is 0 Å². The Balaban J connectivity index is 1.49. The molecule has 5 rings (SSSR count). The number of H-pyrrole nitrogens is 2. The molecule has 0 saturated carbocycles. The third-order valence-electron chi connectivity index (χ3n) is 5.84. The molecule has 1 aromatic carbocycles. The van der Waals surface area contributed by atoms with Crippen LogP contribution in [0.2, 0.25) is 0 Å². The van der Waals surface area contributed by atoms with Crippen molar-refractivity contribution >= 4 is 28.4 Å². The monoisotopic (exact) mass is 432 g/mol. The number of ether oxygens (including phenoxy) is 1. The van der Waals surface area contributed by atoms with Crippen molar-refractivity contribution in [2.24, 2.45) is 0 Å². The van der Waals surface area contributed by atoms with Crippen LogP contribution in [0.25, 0.3) is 10.9 Å². The third-order valence-corrected chi connectivity index (χ3v) is 5.84. The molecule has 1 aliphatic heterocycles. The van der Waals surface area contributed by atoms with Crippen molar-refractivity contribution in [2.75, 3.05) is 43.4 Å². The van der Waals surface area contributed by atoms with E-state index >= 15 is 0 Å². The summed E-state index contributed by atoms with van der Waals surface area (Å²) in [5.74, 6) is 2.94. The van der Waals surface area contributed by atoms with E-state index < -0.39 is 0 Å². The molecule has 1 saturated heterocycles. The van der Waals surface area contributed by atoms with Crippen LogP contribution in [-0.4, -0.2) is 63.3 Å². The smallest absolute Gasteiger partial charge is 0.325 e. The maximum absolute atomic E-state index is 6.22. The van der Waals surface area contributed by atoms with E-state index in [0.717, 1.165) is 65.6 Å². The van der Waals surface area contributed by atoms with E-state index in [0.29, 0.717) is 17.6 Å². The number of aromatic amines is 2. The number of fused-ring (bicyclic) bond motifs is 1. The number of aryl methyl sites for hydroxylation is 3. The molecule has 3 aromatic heterocycles. The molecule has 32 heavy (non-hydrogen) atoms. The maximum Gasteiger partial charge on any atom is 0.325 e. The summed E-state index contributed by atoms with van der Waals surface area (Å²) >= 11 is 0. The van der Waals surface area contributed by atoms with Gasteiger partial charge in [-0.05, 0) is 46.0 Å². The fourth-order valence-electron chi connectivity index (χ4n) is 4.01. The van der Waals surface area contributed by atoms with Gasteiger partial charge in [0.1, 0.15) is 17.4 Å². The maximum atomic E-state index is 6.22. The normalized spacial score (nSPS) is 14.8. The highest BCUT2D eigenvalue weighted by molar-refractivity contribution is 5.86. The molecule has 1 fully saturated rings. The second-order valence-electron chi connectivity index (χ2n) is 8.45. The Morgan fingerprint density at radius 2 is 1.75 bits per heavy atom. The van der Waals surface area contributed by atoms with Crippen LogP contribution < -0.4 is 15.0 Å². The molecular weight excluding hydrogens is 404 g/mol. The summed E-state index contributed by atoms with van der Waals surface area (Å²) in [7, 11) is 2.14. The Kier molecular flexibility index (Phi) is 5.18. The van der Waals surface area contributed by atoms with E-state index in [1.165, 1.54) is 0 Å². The van der Waals surface area contributed by atoms with Crippen LogP contribution in [-0.2, 0) is 0 Å². The van der Waals surface area contributed by atoms with Crippen molar-refractivity contribution in [2.45, 2.75) is 20.8 Å². The molecule has 9 nitrogen and oxygen atoms in total. The Bertz CT molecular complexity index is 1250. The second-order valence-corrected chi connectivity index (χ2v) is 8.45. The van der Waals surface area contributed by atoms with E-state index in [9.17, 15) is 0 Å². The lowest BCUT2D eigenvalue weighted by molar-refractivity contribution is 0.311. The molecule has 4 aromatic rings. The van der Waals surface area contributed by atoms with Gasteiger partial charge in [0.2, 0.25) is 0 Å². The predicted octanol–water partition coefficient (Wildman–Crippen LogP) is 3.89. The lowest BCUT2D eigenvalue weighted by Crippen LogP contribution is -2.44. The zero-order valence-corrected chi connectivity index (χ0v) is 18.9. The highest BCUT2D eigenvalue weighted by atomic mass is 16.5. The van der Waals surface area contributed by atoms with Crippen LogP contribution in [0.15, 0.2) is 30.3 Å². The minimum Gasteiger partial charge on any atom is -0.424 e. The fourth-order valence-corrected chi connectivity index (χ4v) is 4.01. The van der Waals surface area contributed by atoms with Gasteiger partial charge in [0, 0.05) is 66.2 Å². The molecule has 0 radical (unpaired) electrons. The van der Waals surface area contributed by atoms with Crippen LogP contribution in [0.5, 0.6) is 11.8 Å². The van der Waals surface area contributed by atoms with E-state index in [1.54, 1.807) is 0 Å². The highest BCUT2D eigenvalue weighted by Crippen LogP contribution is 2.32. The highest BCUT2D eigenvalue weighted by Gasteiger charge is 2.19. The number of aromatic nitrogens is 5. The van der Waals surface area contributed by atoms with Crippen molar-refractivity contribution in [3.05, 3.63) is 47.3 Å². The van der Waals surface area contributed by atoms with Gasteiger partial charge >= 0.3 is 6.01 Å². The summed E-state index contributed by atoms with van der Waals surface area (Å²) in [6, 6.07) is 10.3. The SMILES string of the molecule is Cc1cc(Nc2cc(N3CCN(C)CC3)nc(Oc3ccc4[nH]c(C)cc4c3C)n2)n[nH]1. The van der Waals surface area contributed by atoms with E-state index in [1.807, 2.05) is 31.2 Å². The number of nitrogens with one attached hydrogen (secondary N) is 3. The summed E-state index contributed by atoms with van der Waals surface area (Å²) in [6.07, 6.45) is 0. The summed E-state index contributed by atoms with van der Waals surface area (Å²) in [5, 5.41) is 11.6. The number of piperazine rings is 1. The summed E-state index contributed by atoms with van der Waals surface area (Å²) in [6.45, 7) is 9.86. The molecule has 1 aliphatic rings. The van der Waals surface area contributed by atoms with Crippen LogP contribution >= 0.6 is 0 Å².